The second kappa shape index (κ2) is 5.38. The zero-order valence-corrected chi connectivity index (χ0v) is 7.86. The highest BCUT2D eigenvalue weighted by Crippen LogP contribution is 2.25. The normalized spacial score (nSPS) is 17.1. The molecule has 0 atom stereocenters. The summed E-state index contributed by atoms with van der Waals surface area (Å²) in [7, 11) is 0. The SMILES string of the molecule is O=C(NCCCNCl)C1CCC1. The largest absolute Gasteiger partial charge is 0.356 e. The molecule has 0 bridgehead atoms. The summed E-state index contributed by atoms with van der Waals surface area (Å²) in [6.45, 7) is 1.47. The van der Waals surface area contributed by atoms with Crippen LogP contribution in [0.15, 0.2) is 0 Å². The third-order valence-electron chi connectivity index (χ3n) is 2.22. The zero-order chi connectivity index (χ0) is 8.81. The van der Waals surface area contributed by atoms with Gasteiger partial charge in [-0.05, 0) is 31.0 Å². The van der Waals surface area contributed by atoms with Gasteiger partial charge in [-0.3, -0.25) is 4.79 Å². The van der Waals surface area contributed by atoms with Crippen molar-refractivity contribution in [3.05, 3.63) is 0 Å². The average Bonchev–Trinajstić information content (AvgIpc) is 1.95. The minimum atomic E-state index is 0.218. The molecule has 1 aliphatic carbocycles. The van der Waals surface area contributed by atoms with Gasteiger partial charge in [0.05, 0.1) is 0 Å². The Bertz CT molecular complexity index is 148. The van der Waals surface area contributed by atoms with E-state index in [2.05, 4.69) is 10.2 Å². The minimum Gasteiger partial charge on any atom is -0.356 e. The van der Waals surface area contributed by atoms with Crippen molar-refractivity contribution in [1.29, 1.82) is 0 Å². The van der Waals surface area contributed by atoms with Gasteiger partial charge in [-0.2, -0.15) is 0 Å². The molecular formula is C8H15ClN2O. The predicted molar refractivity (Wildman–Crippen MR) is 48.8 cm³/mol. The van der Waals surface area contributed by atoms with Crippen molar-refractivity contribution in [1.82, 2.24) is 10.2 Å². The van der Waals surface area contributed by atoms with Gasteiger partial charge in [0, 0.05) is 19.0 Å². The summed E-state index contributed by atoms with van der Waals surface area (Å²) in [5.74, 6) is 0.518. The van der Waals surface area contributed by atoms with E-state index < -0.39 is 0 Å². The topological polar surface area (TPSA) is 41.1 Å². The Hall–Kier alpha value is -0.280. The maximum absolute atomic E-state index is 11.2. The van der Waals surface area contributed by atoms with E-state index in [1.807, 2.05) is 0 Å². The summed E-state index contributed by atoms with van der Waals surface area (Å²) < 4.78 is 0. The van der Waals surface area contributed by atoms with Gasteiger partial charge in [-0.15, -0.1) is 0 Å². The first-order valence-corrected chi connectivity index (χ1v) is 4.83. The number of carbonyl (C=O) groups excluding carboxylic acids is 1. The fourth-order valence-corrected chi connectivity index (χ4v) is 1.32. The van der Waals surface area contributed by atoms with Crippen molar-refractivity contribution in [2.75, 3.05) is 13.1 Å². The lowest BCUT2D eigenvalue weighted by Crippen LogP contribution is -2.35. The maximum atomic E-state index is 11.2. The van der Waals surface area contributed by atoms with Crippen LogP contribution in [0.3, 0.4) is 0 Å². The molecule has 0 heterocycles. The summed E-state index contributed by atoms with van der Waals surface area (Å²) >= 11 is 5.26. The van der Waals surface area contributed by atoms with E-state index in [0.29, 0.717) is 5.92 Å². The molecule has 0 spiro atoms. The van der Waals surface area contributed by atoms with Crippen LogP contribution in [0.5, 0.6) is 0 Å². The zero-order valence-electron chi connectivity index (χ0n) is 7.11. The Morgan fingerprint density at radius 1 is 1.42 bits per heavy atom. The van der Waals surface area contributed by atoms with Crippen molar-refractivity contribution in [2.24, 2.45) is 5.92 Å². The van der Waals surface area contributed by atoms with Gasteiger partial charge < -0.3 is 5.32 Å². The number of amides is 1. The Balaban J connectivity index is 1.94. The van der Waals surface area contributed by atoms with E-state index in [9.17, 15) is 4.79 Å². The number of hydrogen-bond donors (Lipinski definition) is 2. The lowest BCUT2D eigenvalue weighted by molar-refractivity contribution is -0.127. The van der Waals surface area contributed by atoms with Crippen LogP contribution < -0.4 is 10.2 Å². The van der Waals surface area contributed by atoms with Gasteiger partial charge in [0.1, 0.15) is 0 Å². The molecule has 1 saturated carbocycles. The first kappa shape index (κ1) is 9.81. The fourth-order valence-electron chi connectivity index (χ4n) is 1.18. The summed E-state index contributed by atoms with van der Waals surface area (Å²) in [6, 6.07) is 0. The quantitative estimate of drug-likeness (QED) is 0.503. The summed E-state index contributed by atoms with van der Waals surface area (Å²) in [5, 5.41) is 2.88. The van der Waals surface area contributed by atoms with Crippen LogP contribution in [0.4, 0.5) is 0 Å². The highest BCUT2D eigenvalue weighted by atomic mass is 35.5. The van der Waals surface area contributed by atoms with Crippen LogP contribution in [0, 0.1) is 5.92 Å². The molecule has 0 saturated heterocycles. The smallest absolute Gasteiger partial charge is 0.223 e. The van der Waals surface area contributed by atoms with E-state index in [0.717, 1.165) is 32.4 Å². The molecule has 1 amide bonds. The number of rotatable bonds is 5. The Morgan fingerprint density at radius 2 is 2.17 bits per heavy atom. The second-order valence-electron chi connectivity index (χ2n) is 3.16. The third-order valence-corrected chi connectivity index (χ3v) is 2.41. The van der Waals surface area contributed by atoms with Gasteiger partial charge in [-0.25, -0.2) is 4.84 Å². The molecule has 12 heavy (non-hydrogen) atoms. The first-order chi connectivity index (χ1) is 5.84. The van der Waals surface area contributed by atoms with Gasteiger partial charge in [-0.1, -0.05) is 6.42 Å². The second-order valence-corrected chi connectivity index (χ2v) is 3.42. The van der Waals surface area contributed by atoms with Gasteiger partial charge >= 0.3 is 0 Å². The van der Waals surface area contributed by atoms with Crippen LogP contribution in [-0.2, 0) is 4.79 Å². The summed E-state index contributed by atoms with van der Waals surface area (Å²) in [4.78, 5) is 13.7. The van der Waals surface area contributed by atoms with Crippen molar-refractivity contribution < 1.29 is 4.79 Å². The third kappa shape index (κ3) is 2.99. The number of halogens is 1. The highest BCUT2D eigenvalue weighted by molar-refractivity contribution is 6.13. The van der Waals surface area contributed by atoms with Gasteiger partial charge in [0.25, 0.3) is 0 Å². The predicted octanol–water partition coefficient (Wildman–Crippen LogP) is 1.04. The van der Waals surface area contributed by atoms with Crippen LogP contribution in [-0.4, -0.2) is 19.0 Å². The molecule has 1 fully saturated rings. The number of carbonyl (C=O) groups is 1. The lowest BCUT2D eigenvalue weighted by Gasteiger charge is -2.23. The first-order valence-electron chi connectivity index (χ1n) is 4.46. The molecule has 0 radical (unpaired) electrons. The molecule has 0 aromatic carbocycles. The molecule has 0 unspecified atom stereocenters. The molecular weight excluding hydrogens is 176 g/mol. The summed E-state index contributed by atoms with van der Waals surface area (Å²) in [6.07, 6.45) is 4.24. The van der Waals surface area contributed by atoms with Crippen LogP contribution in [0.1, 0.15) is 25.7 Å². The van der Waals surface area contributed by atoms with E-state index >= 15 is 0 Å². The van der Waals surface area contributed by atoms with Crippen molar-refractivity contribution in [3.63, 3.8) is 0 Å². The molecule has 0 aromatic rings. The minimum absolute atomic E-state index is 0.218. The van der Waals surface area contributed by atoms with E-state index in [4.69, 9.17) is 11.8 Å². The average molecular weight is 191 g/mol. The van der Waals surface area contributed by atoms with Gasteiger partial charge in [0.15, 0.2) is 0 Å². The van der Waals surface area contributed by atoms with Crippen LogP contribution in [0.25, 0.3) is 0 Å². The molecule has 0 aromatic heterocycles. The number of hydrogen-bond acceptors (Lipinski definition) is 2. The van der Waals surface area contributed by atoms with Crippen molar-refractivity contribution in [3.8, 4) is 0 Å². The number of nitrogens with one attached hydrogen (secondary N) is 2. The molecule has 1 rings (SSSR count). The van der Waals surface area contributed by atoms with Crippen LogP contribution >= 0.6 is 11.8 Å². The molecule has 0 aliphatic heterocycles. The molecule has 2 N–H and O–H groups in total. The highest BCUT2D eigenvalue weighted by Gasteiger charge is 2.24. The lowest BCUT2D eigenvalue weighted by atomic mass is 9.85. The molecule has 1 aliphatic rings. The van der Waals surface area contributed by atoms with E-state index in [1.54, 1.807) is 0 Å². The van der Waals surface area contributed by atoms with E-state index in [1.165, 1.54) is 6.42 Å². The standard InChI is InChI=1S/C8H15ClN2O/c9-11-6-2-5-10-8(12)7-3-1-4-7/h7,11H,1-6H2,(H,10,12). The maximum Gasteiger partial charge on any atom is 0.223 e. The molecule has 4 heteroatoms. The Kier molecular flexibility index (Phi) is 4.40. The van der Waals surface area contributed by atoms with Crippen LogP contribution in [0.2, 0.25) is 0 Å². The summed E-state index contributed by atoms with van der Waals surface area (Å²) in [5.41, 5.74) is 0. The van der Waals surface area contributed by atoms with Crippen molar-refractivity contribution >= 4 is 17.7 Å². The van der Waals surface area contributed by atoms with Gasteiger partial charge in [0.2, 0.25) is 5.91 Å². The van der Waals surface area contributed by atoms with Crippen molar-refractivity contribution in [2.45, 2.75) is 25.7 Å². The molecule has 3 nitrogen and oxygen atoms in total. The fraction of sp³-hybridized carbons (Fsp3) is 0.875. The Labute approximate surface area is 78.0 Å². The monoisotopic (exact) mass is 190 g/mol. The Morgan fingerprint density at radius 3 is 2.67 bits per heavy atom. The molecule has 70 valence electrons. The van der Waals surface area contributed by atoms with E-state index in [-0.39, 0.29) is 5.91 Å².